The lowest BCUT2D eigenvalue weighted by Crippen LogP contribution is -2.60. The number of ketones is 1. The maximum absolute atomic E-state index is 13.5. The Morgan fingerprint density at radius 2 is 1.64 bits per heavy atom. The molecule has 1 unspecified atom stereocenters. The highest BCUT2D eigenvalue weighted by Gasteiger charge is 2.47. The monoisotopic (exact) mass is 690 g/mol. The van der Waals surface area contributed by atoms with Gasteiger partial charge in [-0.05, 0) is 36.8 Å². The van der Waals surface area contributed by atoms with E-state index in [0.29, 0.717) is 49.0 Å². The number of Topliss-reactive ketones (excluding diaryl/α,β-unsaturated/α-hetero) is 1. The van der Waals surface area contributed by atoms with Gasteiger partial charge in [-0.1, -0.05) is 47.2 Å². The third-order valence-electron chi connectivity index (χ3n) is 7.26. The fourth-order valence-electron chi connectivity index (χ4n) is 4.83. The molecule has 5 rings (SSSR count). The number of hydrogen-bond donors (Lipinski definition) is 4. The first kappa shape index (κ1) is 34.4. The highest BCUT2D eigenvalue weighted by molar-refractivity contribution is 7.14. The quantitative estimate of drug-likeness (QED) is 0.149. The van der Waals surface area contributed by atoms with Crippen molar-refractivity contribution in [3.63, 3.8) is 0 Å². The number of nitrogens with zero attached hydrogens (tertiary/aromatic N) is 2. The van der Waals surface area contributed by atoms with Crippen molar-refractivity contribution in [2.24, 2.45) is 0 Å². The molecule has 1 aliphatic rings. The molecule has 0 saturated carbocycles. The van der Waals surface area contributed by atoms with Crippen molar-refractivity contribution in [3.05, 3.63) is 69.9 Å². The predicted molar refractivity (Wildman–Crippen MR) is 165 cm³/mol. The van der Waals surface area contributed by atoms with Crippen molar-refractivity contribution in [2.45, 2.75) is 50.3 Å². The Balaban J connectivity index is 1.27. The Morgan fingerprint density at radius 1 is 0.957 bits per heavy atom. The summed E-state index contributed by atoms with van der Waals surface area (Å²) in [5.74, 6) is -0.626. The summed E-state index contributed by atoms with van der Waals surface area (Å²) in [7, 11) is 2.97. The second kappa shape index (κ2) is 14.9. The molecule has 4 aromatic rings. The fraction of sp³-hybridized carbons (Fsp3) is 0.355. The lowest BCUT2D eigenvalue weighted by molar-refractivity contribution is -0.297. The molecule has 4 N–H and O–H groups in total. The van der Waals surface area contributed by atoms with E-state index < -0.39 is 42.8 Å². The van der Waals surface area contributed by atoms with E-state index >= 15 is 0 Å². The van der Waals surface area contributed by atoms with Crippen LogP contribution in [0.1, 0.15) is 34.2 Å². The van der Waals surface area contributed by atoms with Crippen LogP contribution in [0.2, 0.25) is 5.02 Å². The Morgan fingerprint density at radius 3 is 2.26 bits per heavy atom. The zero-order chi connectivity index (χ0) is 33.8. The highest BCUT2D eigenvalue weighted by Crippen LogP contribution is 2.39. The third kappa shape index (κ3) is 7.32. The number of aromatic nitrogens is 2. The zero-order valence-corrected chi connectivity index (χ0v) is 26.8. The van der Waals surface area contributed by atoms with Crippen molar-refractivity contribution in [3.8, 4) is 33.4 Å². The van der Waals surface area contributed by atoms with Crippen LogP contribution in [0.15, 0.2) is 52.9 Å². The van der Waals surface area contributed by atoms with Gasteiger partial charge in [-0.2, -0.15) is 0 Å². The SMILES string of the molecule is CCOC(C(=O)c1ccc(-c2cc(OC)c(Cl)c(OC)c2)o1)c1ccc(-c2nnc(CO[C@H]3O[C@H](C(=O)O)[C@@H](O)[C@H](O)[C@H]3O)s2)cc1. The number of aliphatic hydroxyl groups excluding tert-OH is 3. The van der Waals surface area contributed by atoms with Gasteiger partial charge in [-0.3, -0.25) is 4.79 Å². The molecule has 1 aliphatic heterocycles. The minimum atomic E-state index is -1.82. The second-order valence-corrected chi connectivity index (χ2v) is 11.7. The van der Waals surface area contributed by atoms with E-state index in [0.717, 1.165) is 0 Å². The number of carbonyl (C=O) groups excluding carboxylic acids is 1. The van der Waals surface area contributed by atoms with E-state index in [2.05, 4.69) is 10.2 Å². The number of carboxylic acid groups (broad SMARTS) is 1. The summed E-state index contributed by atoms with van der Waals surface area (Å²) in [4.78, 5) is 24.9. The van der Waals surface area contributed by atoms with E-state index in [-0.39, 0.29) is 24.8 Å². The topological polar surface area (TPSA) is 200 Å². The number of aliphatic carboxylic acids is 1. The summed E-state index contributed by atoms with van der Waals surface area (Å²) in [6.07, 6.45) is -9.53. The molecular formula is C31H31ClN2O12S. The fourth-order valence-corrected chi connectivity index (χ4v) is 5.86. The average molecular weight is 691 g/mol. The van der Waals surface area contributed by atoms with Gasteiger partial charge in [0.05, 0.1) is 14.2 Å². The van der Waals surface area contributed by atoms with Gasteiger partial charge < -0.3 is 48.5 Å². The van der Waals surface area contributed by atoms with Crippen LogP contribution in [0, 0.1) is 0 Å². The van der Waals surface area contributed by atoms with Crippen LogP contribution in [0.5, 0.6) is 11.5 Å². The van der Waals surface area contributed by atoms with Crippen molar-refractivity contribution < 1.29 is 58.1 Å². The molecule has 2 aromatic carbocycles. The molecule has 16 heteroatoms. The van der Waals surface area contributed by atoms with Gasteiger partial charge in [-0.25, -0.2) is 4.79 Å². The Kier molecular flexibility index (Phi) is 10.9. The molecule has 0 spiro atoms. The van der Waals surface area contributed by atoms with Gasteiger partial charge in [0.2, 0.25) is 5.78 Å². The van der Waals surface area contributed by atoms with Crippen LogP contribution in [0.25, 0.3) is 21.9 Å². The molecule has 14 nitrogen and oxygen atoms in total. The molecule has 6 atom stereocenters. The molecule has 0 radical (unpaired) electrons. The maximum atomic E-state index is 13.5. The Bertz CT molecular complexity index is 1690. The number of carbonyl (C=O) groups is 2. The van der Waals surface area contributed by atoms with Gasteiger partial charge in [-0.15, -0.1) is 10.2 Å². The number of ether oxygens (including phenoxy) is 5. The largest absolute Gasteiger partial charge is 0.495 e. The first-order valence-corrected chi connectivity index (χ1v) is 15.4. The number of rotatable bonds is 13. The highest BCUT2D eigenvalue weighted by atomic mass is 35.5. The van der Waals surface area contributed by atoms with Crippen LogP contribution in [0.4, 0.5) is 0 Å². The molecular weight excluding hydrogens is 660 g/mol. The van der Waals surface area contributed by atoms with E-state index in [4.69, 9.17) is 39.7 Å². The normalized spacial score (nSPS) is 21.7. The van der Waals surface area contributed by atoms with Crippen LogP contribution < -0.4 is 9.47 Å². The van der Waals surface area contributed by atoms with Gasteiger partial charge >= 0.3 is 5.97 Å². The summed E-state index contributed by atoms with van der Waals surface area (Å²) < 4.78 is 33.0. The number of methoxy groups -OCH3 is 2. The van der Waals surface area contributed by atoms with Gasteiger partial charge in [0.25, 0.3) is 0 Å². The molecule has 1 fully saturated rings. The van der Waals surface area contributed by atoms with Crippen LogP contribution >= 0.6 is 22.9 Å². The minimum Gasteiger partial charge on any atom is -0.495 e. The smallest absolute Gasteiger partial charge is 0.335 e. The van der Waals surface area contributed by atoms with Gasteiger partial charge in [0.1, 0.15) is 63.3 Å². The van der Waals surface area contributed by atoms with Crippen molar-refractivity contribution in [1.29, 1.82) is 0 Å². The van der Waals surface area contributed by atoms with Gasteiger partial charge in [0.15, 0.2) is 18.2 Å². The molecule has 1 saturated heterocycles. The van der Waals surface area contributed by atoms with Crippen LogP contribution in [-0.4, -0.2) is 93.9 Å². The van der Waals surface area contributed by atoms with E-state index in [9.17, 15) is 30.0 Å². The summed E-state index contributed by atoms with van der Waals surface area (Å²) >= 11 is 7.45. The van der Waals surface area contributed by atoms with Crippen molar-refractivity contribution in [2.75, 3.05) is 20.8 Å². The second-order valence-electron chi connectivity index (χ2n) is 10.2. The number of benzene rings is 2. The summed E-state index contributed by atoms with van der Waals surface area (Å²) in [6.45, 7) is 1.83. The number of furan rings is 1. The minimum absolute atomic E-state index is 0.0907. The van der Waals surface area contributed by atoms with Crippen molar-refractivity contribution in [1.82, 2.24) is 10.2 Å². The van der Waals surface area contributed by atoms with Gasteiger partial charge in [0, 0.05) is 17.7 Å². The summed E-state index contributed by atoms with van der Waals surface area (Å²) in [5, 5.41) is 48.6. The van der Waals surface area contributed by atoms with E-state index in [1.165, 1.54) is 25.6 Å². The lowest BCUT2D eigenvalue weighted by Gasteiger charge is -2.38. The first-order valence-electron chi connectivity index (χ1n) is 14.2. The first-order chi connectivity index (χ1) is 22.6. The predicted octanol–water partition coefficient (Wildman–Crippen LogP) is 3.51. The summed E-state index contributed by atoms with van der Waals surface area (Å²) in [5.41, 5.74) is 1.87. The molecule has 47 heavy (non-hydrogen) atoms. The van der Waals surface area contributed by atoms with E-state index in [1.807, 2.05) is 0 Å². The molecule has 250 valence electrons. The average Bonchev–Trinajstić information content (AvgIpc) is 3.76. The molecule has 2 aromatic heterocycles. The number of aliphatic hydroxyl groups is 3. The van der Waals surface area contributed by atoms with Crippen molar-refractivity contribution >= 4 is 34.7 Å². The zero-order valence-electron chi connectivity index (χ0n) is 25.2. The molecule has 0 aliphatic carbocycles. The standard InChI is InChI=1S/C31H31ClN2O12S/c1-4-43-27(23(35)18-10-9-17(45-18)16-11-19(41-2)22(32)20(12-16)42-3)14-5-7-15(8-6-14)29-34-33-21(47-29)13-44-31-26(38)24(36)25(37)28(46-31)30(39)40/h5-12,24-28,31,36-38H,4,13H2,1-3H3,(H,39,40)/t24-,25-,26+,27?,28-,31-/m0/s1. The molecule has 3 heterocycles. The maximum Gasteiger partial charge on any atom is 0.335 e. The lowest BCUT2D eigenvalue weighted by atomic mass is 9.99. The van der Waals surface area contributed by atoms with Crippen LogP contribution in [-0.2, 0) is 25.6 Å². The Labute approximate surface area is 277 Å². The summed E-state index contributed by atoms with van der Waals surface area (Å²) in [6, 6.07) is 13.6. The van der Waals surface area contributed by atoms with E-state index in [1.54, 1.807) is 55.5 Å². The third-order valence-corrected chi connectivity index (χ3v) is 8.58. The number of hydrogen-bond acceptors (Lipinski definition) is 14. The Hall–Kier alpha value is -3.93. The number of carboxylic acids is 1. The van der Waals surface area contributed by atoms with Crippen LogP contribution in [0.3, 0.4) is 0 Å². The molecule has 0 bridgehead atoms. The molecule has 0 amide bonds. The number of halogens is 1.